The molecule has 6 heteroatoms. The van der Waals surface area contributed by atoms with Crippen molar-refractivity contribution in [3.05, 3.63) is 130 Å². The maximum absolute atomic E-state index is 13.6. The highest BCUT2D eigenvalue weighted by Crippen LogP contribution is 2.26. The van der Waals surface area contributed by atoms with Crippen molar-refractivity contribution in [2.45, 2.75) is 25.6 Å². The van der Waals surface area contributed by atoms with E-state index in [4.69, 9.17) is 0 Å². The zero-order valence-electron chi connectivity index (χ0n) is 18.6. The van der Waals surface area contributed by atoms with Crippen molar-refractivity contribution in [3.8, 4) is 0 Å². The van der Waals surface area contributed by atoms with Crippen LogP contribution in [0.25, 0.3) is 0 Å². The molecule has 2 amide bonds. The first-order chi connectivity index (χ1) is 16.6. The molecule has 0 saturated heterocycles. The molecule has 0 radical (unpaired) electrons. The summed E-state index contributed by atoms with van der Waals surface area (Å²) in [5, 5.41) is 4.92. The zero-order chi connectivity index (χ0) is 23.8. The molecule has 0 aliphatic heterocycles. The van der Waals surface area contributed by atoms with Gasteiger partial charge in [0.2, 0.25) is 11.8 Å². The van der Waals surface area contributed by atoms with Gasteiger partial charge in [-0.05, 0) is 40.3 Å². The van der Waals surface area contributed by atoms with E-state index in [1.54, 1.807) is 17.0 Å². The number of amides is 2. The molecule has 1 atom stereocenters. The van der Waals surface area contributed by atoms with Crippen LogP contribution in [-0.4, -0.2) is 16.7 Å². The molecule has 4 aromatic rings. The fraction of sp³-hybridized carbons (Fsp3) is 0.143. The number of benzene rings is 3. The number of nitrogens with one attached hydrogen (secondary N) is 1. The van der Waals surface area contributed by atoms with Crippen LogP contribution in [0.1, 0.15) is 27.6 Å². The van der Waals surface area contributed by atoms with E-state index < -0.39 is 6.04 Å². The Hall–Kier alpha value is -3.77. The Morgan fingerprint density at radius 2 is 1.50 bits per heavy atom. The Bertz CT molecular complexity index is 1200. The summed E-state index contributed by atoms with van der Waals surface area (Å²) < 4.78 is 13.5. The van der Waals surface area contributed by atoms with E-state index in [1.165, 1.54) is 23.5 Å². The molecular formula is C28H25FN2O2S. The molecule has 0 saturated carbocycles. The molecule has 1 N–H and O–H groups in total. The highest BCUT2D eigenvalue weighted by molar-refractivity contribution is 7.10. The number of hydrogen-bond acceptors (Lipinski definition) is 3. The minimum absolute atomic E-state index is 0.171. The Morgan fingerprint density at radius 3 is 2.15 bits per heavy atom. The second-order valence-electron chi connectivity index (χ2n) is 7.92. The predicted molar refractivity (Wildman–Crippen MR) is 132 cm³/mol. The van der Waals surface area contributed by atoms with Crippen LogP contribution < -0.4 is 5.32 Å². The van der Waals surface area contributed by atoms with Gasteiger partial charge in [0.1, 0.15) is 11.9 Å². The lowest BCUT2D eigenvalue weighted by molar-refractivity contribution is -0.141. The van der Waals surface area contributed by atoms with Gasteiger partial charge < -0.3 is 10.2 Å². The van der Waals surface area contributed by atoms with Crippen LogP contribution in [0.2, 0.25) is 0 Å². The summed E-state index contributed by atoms with van der Waals surface area (Å²) in [5.41, 5.74) is 2.44. The number of hydrogen-bond donors (Lipinski definition) is 1. The molecule has 0 aliphatic carbocycles. The van der Waals surface area contributed by atoms with Crippen LogP contribution in [0.5, 0.6) is 0 Å². The van der Waals surface area contributed by atoms with E-state index in [0.717, 1.165) is 21.6 Å². The van der Waals surface area contributed by atoms with Gasteiger partial charge in [-0.1, -0.05) is 78.9 Å². The second kappa shape index (κ2) is 11.4. The lowest BCUT2D eigenvalue weighted by Crippen LogP contribution is -2.43. The van der Waals surface area contributed by atoms with Gasteiger partial charge in [-0.25, -0.2) is 4.39 Å². The largest absolute Gasteiger partial charge is 0.350 e. The monoisotopic (exact) mass is 472 g/mol. The lowest BCUT2D eigenvalue weighted by atomic mass is 10.0. The van der Waals surface area contributed by atoms with Crippen LogP contribution in [0, 0.1) is 5.82 Å². The zero-order valence-corrected chi connectivity index (χ0v) is 19.4. The smallest absolute Gasteiger partial charge is 0.247 e. The molecular weight excluding hydrogens is 447 g/mol. The Balaban J connectivity index is 1.66. The van der Waals surface area contributed by atoms with E-state index in [-0.39, 0.29) is 30.6 Å². The number of halogens is 1. The first-order valence-electron chi connectivity index (χ1n) is 11.0. The van der Waals surface area contributed by atoms with Crippen molar-refractivity contribution in [2.75, 3.05) is 0 Å². The van der Waals surface area contributed by atoms with E-state index in [1.807, 2.05) is 78.2 Å². The third-order valence-electron chi connectivity index (χ3n) is 5.48. The van der Waals surface area contributed by atoms with E-state index >= 15 is 0 Å². The fourth-order valence-electron chi connectivity index (χ4n) is 3.76. The summed E-state index contributed by atoms with van der Waals surface area (Å²) in [6.07, 6.45) is 0.189. The Labute approximate surface area is 202 Å². The van der Waals surface area contributed by atoms with Gasteiger partial charge in [-0.15, -0.1) is 11.3 Å². The molecule has 0 aliphatic rings. The molecule has 0 spiro atoms. The van der Waals surface area contributed by atoms with Crippen LogP contribution >= 0.6 is 11.3 Å². The lowest BCUT2D eigenvalue weighted by Gasteiger charge is -2.31. The summed E-state index contributed by atoms with van der Waals surface area (Å²) in [5.74, 6) is -0.785. The molecule has 172 valence electrons. The van der Waals surface area contributed by atoms with Crippen molar-refractivity contribution < 1.29 is 14.0 Å². The van der Waals surface area contributed by atoms with Crippen LogP contribution in [0.15, 0.2) is 102 Å². The summed E-state index contributed by atoms with van der Waals surface area (Å²) in [4.78, 5) is 29.6. The molecule has 3 aromatic carbocycles. The molecule has 4 nitrogen and oxygen atoms in total. The van der Waals surface area contributed by atoms with Gasteiger partial charge in [0.25, 0.3) is 0 Å². The summed E-state index contributed by atoms with van der Waals surface area (Å²) in [6, 6.07) is 27.9. The maximum atomic E-state index is 13.6. The first kappa shape index (κ1) is 23.4. The first-order valence-corrected chi connectivity index (χ1v) is 11.9. The van der Waals surface area contributed by atoms with Gasteiger partial charge in [0.15, 0.2) is 0 Å². The second-order valence-corrected chi connectivity index (χ2v) is 8.95. The van der Waals surface area contributed by atoms with Crippen molar-refractivity contribution in [2.24, 2.45) is 0 Å². The maximum Gasteiger partial charge on any atom is 0.247 e. The van der Waals surface area contributed by atoms with Crippen molar-refractivity contribution in [3.63, 3.8) is 0 Å². The number of rotatable bonds is 9. The normalized spacial score (nSPS) is 11.6. The van der Waals surface area contributed by atoms with Gasteiger partial charge in [0.05, 0.1) is 6.42 Å². The van der Waals surface area contributed by atoms with Gasteiger partial charge >= 0.3 is 0 Å². The average Bonchev–Trinajstić information content (AvgIpc) is 3.38. The van der Waals surface area contributed by atoms with Crippen LogP contribution in [0.3, 0.4) is 0 Å². The molecule has 0 fully saturated rings. The number of carbonyl (C=O) groups excluding carboxylic acids is 2. The minimum Gasteiger partial charge on any atom is -0.350 e. The van der Waals surface area contributed by atoms with Crippen LogP contribution in [0.4, 0.5) is 4.39 Å². The quantitative estimate of drug-likeness (QED) is 0.349. The van der Waals surface area contributed by atoms with E-state index in [2.05, 4.69) is 5.32 Å². The molecule has 1 heterocycles. The molecule has 1 aromatic heterocycles. The summed E-state index contributed by atoms with van der Waals surface area (Å²) >= 11 is 1.50. The highest BCUT2D eigenvalue weighted by atomic mass is 32.1. The van der Waals surface area contributed by atoms with Gasteiger partial charge in [-0.2, -0.15) is 0 Å². The van der Waals surface area contributed by atoms with Crippen molar-refractivity contribution in [1.82, 2.24) is 10.2 Å². The fourth-order valence-corrected chi connectivity index (χ4v) is 4.46. The summed E-state index contributed by atoms with van der Waals surface area (Å²) in [6.45, 7) is 0.537. The SMILES string of the molecule is O=C(NCc1ccccc1)C(c1ccccc1)N(Cc1ccc(F)cc1)C(=O)Cc1cccs1. The molecule has 1 unspecified atom stereocenters. The van der Waals surface area contributed by atoms with Gasteiger partial charge in [-0.3, -0.25) is 9.59 Å². The third-order valence-corrected chi connectivity index (χ3v) is 6.35. The van der Waals surface area contributed by atoms with E-state index in [0.29, 0.717) is 6.54 Å². The minimum atomic E-state index is -0.831. The Kier molecular flexibility index (Phi) is 7.83. The van der Waals surface area contributed by atoms with E-state index in [9.17, 15) is 14.0 Å². The van der Waals surface area contributed by atoms with Crippen molar-refractivity contribution in [1.29, 1.82) is 0 Å². The molecule has 4 rings (SSSR count). The number of thiophene rings is 1. The highest BCUT2D eigenvalue weighted by Gasteiger charge is 2.31. The standard InChI is InChI=1S/C28H25FN2O2S/c29-24-15-13-22(14-16-24)20-31(26(32)18-25-12-7-17-34-25)27(23-10-5-2-6-11-23)28(33)30-19-21-8-3-1-4-9-21/h1-17,27H,18-20H2,(H,30,33). The molecule has 34 heavy (non-hydrogen) atoms. The molecule has 0 bridgehead atoms. The topological polar surface area (TPSA) is 49.4 Å². The average molecular weight is 473 g/mol. The van der Waals surface area contributed by atoms with Crippen LogP contribution in [-0.2, 0) is 29.1 Å². The number of nitrogens with zero attached hydrogens (tertiary/aromatic N) is 1. The summed E-state index contributed by atoms with van der Waals surface area (Å²) in [7, 11) is 0. The third kappa shape index (κ3) is 6.17. The van der Waals surface area contributed by atoms with Gasteiger partial charge in [0, 0.05) is 18.0 Å². The Morgan fingerprint density at radius 1 is 0.824 bits per heavy atom. The predicted octanol–water partition coefficient (Wildman–Crippen LogP) is 5.52. The number of carbonyl (C=O) groups is 2. The van der Waals surface area contributed by atoms with Crippen molar-refractivity contribution >= 4 is 23.2 Å².